The Kier molecular flexibility index (Phi) is 7.10. The molecular weight excluding hydrogens is 545 g/mol. The fourth-order valence-corrected chi connectivity index (χ4v) is 5.76. The molecule has 0 saturated carbocycles. The third-order valence-corrected chi connectivity index (χ3v) is 8.09. The largest absolute Gasteiger partial charge is 0.416 e. The Morgan fingerprint density at radius 2 is 1.75 bits per heavy atom. The molecule has 2 N–H and O–H groups in total. The van der Waals surface area contributed by atoms with Crippen molar-refractivity contribution in [1.82, 2.24) is 20.1 Å². The number of carbonyl (C=O) groups is 3. The molecule has 3 heterocycles. The van der Waals surface area contributed by atoms with Gasteiger partial charge in [-0.05, 0) is 48.6 Å². The van der Waals surface area contributed by atoms with Crippen molar-refractivity contribution in [3.8, 4) is 0 Å². The summed E-state index contributed by atoms with van der Waals surface area (Å²) in [6.07, 6.45) is -3.39. The fourth-order valence-electron chi connectivity index (χ4n) is 5.56. The predicted octanol–water partition coefficient (Wildman–Crippen LogP) is 5.50. The molecule has 0 radical (unpaired) electrons. The van der Waals surface area contributed by atoms with Gasteiger partial charge in [-0.15, -0.1) is 0 Å². The highest BCUT2D eigenvalue weighted by Gasteiger charge is 2.51. The van der Waals surface area contributed by atoms with Crippen LogP contribution in [-0.4, -0.2) is 63.7 Å². The summed E-state index contributed by atoms with van der Waals surface area (Å²) in [6.45, 7) is 6.18. The number of rotatable bonds is 4. The number of hydrogen-bond acceptors (Lipinski definition) is 3. The van der Waals surface area contributed by atoms with E-state index in [0.717, 1.165) is 29.1 Å². The van der Waals surface area contributed by atoms with Crippen molar-refractivity contribution in [2.45, 2.75) is 57.9 Å². The molecule has 1 unspecified atom stereocenters. The number of aromatic nitrogens is 1. The summed E-state index contributed by atoms with van der Waals surface area (Å²) >= 11 is 6.14. The van der Waals surface area contributed by atoms with E-state index in [1.54, 1.807) is 11.0 Å². The molecule has 3 aromatic rings. The van der Waals surface area contributed by atoms with Crippen molar-refractivity contribution in [2.24, 2.45) is 5.41 Å². The van der Waals surface area contributed by atoms with E-state index in [1.165, 1.54) is 4.90 Å². The maximum atomic E-state index is 13.8. The van der Waals surface area contributed by atoms with Crippen molar-refractivity contribution in [3.05, 3.63) is 70.4 Å². The predicted molar refractivity (Wildman–Crippen MR) is 145 cm³/mol. The van der Waals surface area contributed by atoms with E-state index in [-0.39, 0.29) is 35.1 Å². The van der Waals surface area contributed by atoms with E-state index in [1.807, 2.05) is 45.0 Å². The molecule has 0 spiro atoms. The smallest absolute Gasteiger partial charge is 0.351 e. The first-order chi connectivity index (χ1) is 18.8. The number of carbonyl (C=O) groups excluding carboxylic acids is 3. The van der Waals surface area contributed by atoms with Gasteiger partial charge in [0.25, 0.3) is 11.8 Å². The number of fused-ring (bicyclic) bond motifs is 2. The lowest BCUT2D eigenvalue weighted by Gasteiger charge is -2.56. The Bertz CT molecular complexity index is 1450. The van der Waals surface area contributed by atoms with Crippen LogP contribution in [0.4, 0.5) is 13.2 Å². The second kappa shape index (κ2) is 10.1. The van der Waals surface area contributed by atoms with E-state index in [4.69, 9.17) is 11.6 Å². The molecule has 7 nitrogen and oxygen atoms in total. The van der Waals surface area contributed by atoms with E-state index in [0.29, 0.717) is 25.1 Å². The lowest BCUT2D eigenvalue weighted by molar-refractivity contribution is -0.152. The molecular formula is C29H30ClF3N4O3. The Labute approximate surface area is 234 Å². The third kappa shape index (κ3) is 5.16. The number of likely N-dealkylation sites (tertiary alicyclic amines) is 2. The average Bonchev–Trinajstić information content (AvgIpc) is 3.30. The molecule has 3 atom stereocenters. The van der Waals surface area contributed by atoms with Gasteiger partial charge in [0.05, 0.1) is 28.2 Å². The number of hydrogen-bond donors (Lipinski definition) is 2. The normalized spacial score (nSPS) is 20.1. The summed E-state index contributed by atoms with van der Waals surface area (Å²) in [4.78, 5) is 46.5. The topological polar surface area (TPSA) is 85.5 Å². The molecule has 2 fully saturated rings. The van der Waals surface area contributed by atoms with Crippen molar-refractivity contribution >= 4 is 40.2 Å². The zero-order valence-corrected chi connectivity index (χ0v) is 23.1. The summed E-state index contributed by atoms with van der Waals surface area (Å²) < 4.78 is 39.8. The summed E-state index contributed by atoms with van der Waals surface area (Å²) in [5, 5.41) is 3.72. The monoisotopic (exact) mass is 574 g/mol. The number of nitrogens with zero attached hydrogens (tertiary/aromatic N) is 2. The van der Waals surface area contributed by atoms with Gasteiger partial charge >= 0.3 is 6.18 Å². The molecule has 5 rings (SSSR count). The molecule has 2 saturated heterocycles. The van der Waals surface area contributed by atoms with Crippen LogP contribution in [0, 0.1) is 5.41 Å². The van der Waals surface area contributed by atoms with Crippen LogP contribution in [0.1, 0.15) is 60.0 Å². The van der Waals surface area contributed by atoms with Crippen LogP contribution in [0.5, 0.6) is 0 Å². The summed E-state index contributed by atoms with van der Waals surface area (Å²) in [5.41, 5.74) is -0.612. The second-order valence-electron chi connectivity index (χ2n) is 11.5. The number of piperidine rings is 1. The maximum absolute atomic E-state index is 13.8. The minimum atomic E-state index is -4.61. The first kappa shape index (κ1) is 28.0. The Balaban J connectivity index is 1.32. The molecule has 2 aliphatic heterocycles. The second-order valence-corrected chi connectivity index (χ2v) is 11.9. The number of nitrogens with one attached hydrogen (secondary N) is 2. The highest BCUT2D eigenvalue weighted by atomic mass is 35.5. The standard InChI is InChI=1S/C29H30ClF3N4O3/c1-28(2,3)24(35-25(38)21-13-16-7-4-5-8-20(16)34-21)27(40)37-15-23-22(37)9-6-12-36(23)26(39)18-14-17(29(31,32)33)10-11-19(18)30/h4-5,7-8,10-11,13-14,22-24,34H,6,9,12,15H2,1-3H3,(H,35,38)/t22?,23-,24-/m1/s1. The first-order valence-corrected chi connectivity index (χ1v) is 13.5. The van der Waals surface area contributed by atoms with Gasteiger partial charge in [0.2, 0.25) is 5.91 Å². The van der Waals surface area contributed by atoms with Gasteiger partial charge in [0, 0.05) is 24.0 Å². The zero-order valence-electron chi connectivity index (χ0n) is 22.3. The van der Waals surface area contributed by atoms with Crippen LogP contribution in [0.15, 0.2) is 48.5 Å². The Morgan fingerprint density at radius 1 is 1.02 bits per heavy atom. The van der Waals surface area contributed by atoms with Crippen LogP contribution < -0.4 is 5.32 Å². The first-order valence-electron chi connectivity index (χ1n) is 13.1. The van der Waals surface area contributed by atoms with Gasteiger partial charge in [-0.3, -0.25) is 14.4 Å². The van der Waals surface area contributed by atoms with Crippen molar-refractivity contribution in [3.63, 3.8) is 0 Å². The minimum absolute atomic E-state index is 0.0557. The van der Waals surface area contributed by atoms with E-state index >= 15 is 0 Å². The molecule has 2 aliphatic rings. The van der Waals surface area contributed by atoms with Gasteiger partial charge in [0.1, 0.15) is 11.7 Å². The average molecular weight is 575 g/mol. The van der Waals surface area contributed by atoms with E-state index < -0.39 is 35.0 Å². The van der Waals surface area contributed by atoms with Crippen LogP contribution >= 0.6 is 11.6 Å². The lowest BCUT2D eigenvalue weighted by Crippen LogP contribution is -2.73. The quantitative estimate of drug-likeness (QED) is 0.431. The molecule has 0 aliphatic carbocycles. The van der Waals surface area contributed by atoms with Crippen LogP contribution in [0.2, 0.25) is 5.02 Å². The Hall–Kier alpha value is -3.53. The van der Waals surface area contributed by atoms with E-state index in [2.05, 4.69) is 10.3 Å². The molecule has 3 amide bonds. The molecule has 40 heavy (non-hydrogen) atoms. The van der Waals surface area contributed by atoms with Gasteiger partial charge in [-0.1, -0.05) is 50.6 Å². The maximum Gasteiger partial charge on any atom is 0.416 e. The van der Waals surface area contributed by atoms with Gasteiger partial charge < -0.3 is 20.1 Å². The molecule has 212 valence electrons. The fraction of sp³-hybridized carbons (Fsp3) is 0.414. The van der Waals surface area contributed by atoms with Crippen molar-refractivity contribution in [1.29, 1.82) is 0 Å². The number of benzene rings is 2. The number of halogens is 4. The molecule has 11 heteroatoms. The Morgan fingerprint density at radius 3 is 2.42 bits per heavy atom. The van der Waals surface area contributed by atoms with E-state index in [9.17, 15) is 27.6 Å². The number of aromatic amines is 1. The summed E-state index contributed by atoms with van der Waals surface area (Å²) in [6, 6.07) is 10.4. The van der Waals surface area contributed by atoms with Crippen LogP contribution in [0.3, 0.4) is 0 Å². The highest BCUT2D eigenvalue weighted by Crippen LogP contribution is 2.37. The minimum Gasteiger partial charge on any atom is -0.351 e. The summed E-state index contributed by atoms with van der Waals surface area (Å²) in [7, 11) is 0. The zero-order chi connectivity index (χ0) is 29.0. The SMILES string of the molecule is CC(C)(C)[C@H](NC(=O)c1cc2ccccc2[nH]1)C(=O)N1C[C@@H]2C1CCCN2C(=O)c1cc(C(F)(F)F)ccc1Cl. The highest BCUT2D eigenvalue weighted by molar-refractivity contribution is 6.33. The van der Waals surface area contributed by atoms with Gasteiger partial charge in [0.15, 0.2) is 0 Å². The van der Waals surface area contributed by atoms with Crippen molar-refractivity contribution in [2.75, 3.05) is 13.1 Å². The van der Waals surface area contributed by atoms with Gasteiger partial charge in [-0.25, -0.2) is 0 Å². The number of para-hydroxylation sites is 1. The van der Waals surface area contributed by atoms with Crippen molar-refractivity contribution < 1.29 is 27.6 Å². The third-order valence-electron chi connectivity index (χ3n) is 7.76. The lowest BCUT2D eigenvalue weighted by atomic mass is 9.81. The molecule has 1 aromatic heterocycles. The summed E-state index contributed by atoms with van der Waals surface area (Å²) in [5.74, 6) is -1.25. The van der Waals surface area contributed by atoms with Crippen LogP contribution in [0.25, 0.3) is 10.9 Å². The number of amides is 3. The molecule has 2 aromatic carbocycles. The number of alkyl halides is 3. The van der Waals surface area contributed by atoms with Crippen LogP contribution in [-0.2, 0) is 11.0 Å². The van der Waals surface area contributed by atoms with Gasteiger partial charge in [-0.2, -0.15) is 13.2 Å². The number of H-pyrrole nitrogens is 1. The molecule has 0 bridgehead atoms.